The zero-order valence-electron chi connectivity index (χ0n) is 13.3. The van der Waals surface area contributed by atoms with Crippen molar-refractivity contribution >= 4 is 5.57 Å². The monoisotopic (exact) mass is 300 g/mol. The van der Waals surface area contributed by atoms with Crippen molar-refractivity contribution in [2.24, 2.45) is 0 Å². The maximum absolute atomic E-state index is 5.38. The Morgan fingerprint density at radius 2 is 1.27 bits per heavy atom. The normalized spacial score (nSPS) is 10.0. The van der Waals surface area contributed by atoms with Gasteiger partial charge < -0.3 is 18.9 Å². The average Bonchev–Trinajstić information content (AvgIpc) is 2.59. The third-order valence-electron chi connectivity index (χ3n) is 3.45. The van der Waals surface area contributed by atoms with Crippen LogP contribution in [0.2, 0.25) is 0 Å². The molecule has 0 aliphatic carbocycles. The summed E-state index contributed by atoms with van der Waals surface area (Å²) in [7, 11) is 6.41. The van der Waals surface area contributed by atoms with Gasteiger partial charge in [0.15, 0.2) is 11.5 Å². The van der Waals surface area contributed by atoms with E-state index in [1.54, 1.807) is 28.4 Å². The second kappa shape index (κ2) is 6.89. The Morgan fingerprint density at radius 1 is 0.727 bits per heavy atom. The average molecular weight is 300 g/mol. The molecule has 4 nitrogen and oxygen atoms in total. The van der Waals surface area contributed by atoms with Gasteiger partial charge in [0.25, 0.3) is 0 Å². The zero-order valence-corrected chi connectivity index (χ0v) is 13.3. The van der Waals surface area contributed by atoms with Crippen molar-refractivity contribution < 1.29 is 18.9 Å². The predicted octanol–water partition coefficient (Wildman–Crippen LogP) is 3.78. The summed E-state index contributed by atoms with van der Waals surface area (Å²) in [5.41, 5.74) is 2.76. The van der Waals surface area contributed by atoms with Gasteiger partial charge in [0, 0.05) is 0 Å². The van der Waals surface area contributed by atoms with Crippen LogP contribution in [-0.2, 0) is 0 Å². The molecule has 0 fully saturated rings. The molecule has 4 heteroatoms. The molecule has 0 N–H and O–H groups in total. The van der Waals surface area contributed by atoms with Crippen molar-refractivity contribution in [3.63, 3.8) is 0 Å². The molecule has 0 saturated carbocycles. The van der Waals surface area contributed by atoms with E-state index < -0.39 is 0 Å². The van der Waals surface area contributed by atoms with Crippen LogP contribution in [-0.4, -0.2) is 28.4 Å². The molecule has 2 aromatic rings. The molecule has 0 bridgehead atoms. The number of hydrogen-bond acceptors (Lipinski definition) is 4. The van der Waals surface area contributed by atoms with Gasteiger partial charge in [-0.25, -0.2) is 0 Å². The van der Waals surface area contributed by atoms with Gasteiger partial charge in [0.1, 0.15) is 5.75 Å². The molecular formula is C18H20O4. The van der Waals surface area contributed by atoms with Crippen molar-refractivity contribution in [3.05, 3.63) is 54.1 Å². The van der Waals surface area contributed by atoms with E-state index in [9.17, 15) is 0 Å². The third-order valence-corrected chi connectivity index (χ3v) is 3.45. The van der Waals surface area contributed by atoms with Gasteiger partial charge >= 0.3 is 0 Å². The highest BCUT2D eigenvalue weighted by molar-refractivity contribution is 5.80. The van der Waals surface area contributed by atoms with Gasteiger partial charge in [-0.1, -0.05) is 18.7 Å². The molecule has 22 heavy (non-hydrogen) atoms. The first-order valence-electron chi connectivity index (χ1n) is 6.78. The summed E-state index contributed by atoms with van der Waals surface area (Å²) in [6, 6.07) is 11.5. The lowest BCUT2D eigenvalue weighted by Gasteiger charge is -2.15. The number of methoxy groups -OCH3 is 4. The van der Waals surface area contributed by atoms with Crippen molar-refractivity contribution in [2.45, 2.75) is 0 Å². The smallest absolute Gasteiger partial charge is 0.203 e. The summed E-state index contributed by atoms with van der Waals surface area (Å²) in [4.78, 5) is 0. The summed E-state index contributed by atoms with van der Waals surface area (Å²) < 4.78 is 21.3. The topological polar surface area (TPSA) is 36.9 Å². The Labute approximate surface area is 130 Å². The van der Waals surface area contributed by atoms with Crippen LogP contribution in [0.15, 0.2) is 43.0 Å². The van der Waals surface area contributed by atoms with E-state index in [1.807, 2.05) is 36.4 Å². The van der Waals surface area contributed by atoms with Gasteiger partial charge in [-0.15, -0.1) is 0 Å². The Kier molecular flexibility index (Phi) is 4.94. The first-order chi connectivity index (χ1) is 10.6. The number of benzene rings is 2. The molecule has 0 aromatic heterocycles. The molecule has 0 amide bonds. The van der Waals surface area contributed by atoms with E-state index in [0.717, 1.165) is 22.4 Å². The van der Waals surface area contributed by atoms with E-state index in [4.69, 9.17) is 18.9 Å². The lowest BCUT2D eigenvalue weighted by atomic mass is 9.98. The van der Waals surface area contributed by atoms with Crippen LogP contribution in [0.1, 0.15) is 11.1 Å². The summed E-state index contributed by atoms with van der Waals surface area (Å²) in [5.74, 6) is 2.58. The Bertz CT molecular complexity index is 634. The first kappa shape index (κ1) is 15.8. The van der Waals surface area contributed by atoms with E-state index in [-0.39, 0.29) is 0 Å². The minimum absolute atomic E-state index is 0.566. The molecule has 0 atom stereocenters. The summed E-state index contributed by atoms with van der Waals surface area (Å²) in [5, 5.41) is 0. The molecule has 0 heterocycles. The Balaban J connectivity index is 2.44. The molecule has 2 aromatic carbocycles. The van der Waals surface area contributed by atoms with Crippen LogP contribution < -0.4 is 18.9 Å². The molecule has 0 aliphatic heterocycles. The van der Waals surface area contributed by atoms with Crippen LogP contribution in [0.25, 0.3) is 5.57 Å². The highest BCUT2D eigenvalue weighted by Crippen LogP contribution is 2.40. The molecule has 2 rings (SSSR count). The summed E-state index contributed by atoms with van der Waals surface area (Å²) in [6.07, 6.45) is 0. The fraction of sp³-hybridized carbons (Fsp3) is 0.222. The van der Waals surface area contributed by atoms with E-state index >= 15 is 0 Å². The lowest BCUT2D eigenvalue weighted by molar-refractivity contribution is 0.324. The lowest BCUT2D eigenvalue weighted by Crippen LogP contribution is -1.97. The molecule has 0 unspecified atom stereocenters. The van der Waals surface area contributed by atoms with Crippen LogP contribution in [0.4, 0.5) is 0 Å². The van der Waals surface area contributed by atoms with Crippen LogP contribution in [0, 0.1) is 0 Å². The van der Waals surface area contributed by atoms with E-state index in [2.05, 4.69) is 6.58 Å². The predicted molar refractivity (Wildman–Crippen MR) is 87.2 cm³/mol. The second-order valence-electron chi connectivity index (χ2n) is 4.62. The number of hydrogen-bond donors (Lipinski definition) is 0. The van der Waals surface area contributed by atoms with Crippen molar-refractivity contribution in [2.75, 3.05) is 28.4 Å². The van der Waals surface area contributed by atoms with Crippen LogP contribution in [0.3, 0.4) is 0 Å². The van der Waals surface area contributed by atoms with Crippen molar-refractivity contribution in [1.29, 1.82) is 0 Å². The number of rotatable bonds is 6. The molecule has 0 aliphatic rings. The molecule has 0 saturated heterocycles. The third kappa shape index (κ3) is 3.01. The van der Waals surface area contributed by atoms with Gasteiger partial charge in [0.2, 0.25) is 5.75 Å². The van der Waals surface area contributed by atoms with E-state index in [0.29, 0.717) is 17.2 Å². The van der Waals surface area contributed by atoms with Gasteiger partial charge in [-0.3, -0.25) is 0 Å². The van der Waals surface area contributed by atoms with E-state index in [1.165, 1.54) is 0 Å². The Hall–Kier alpha value is -2.62. The summed E-state index contributed by atoms with van der Waals surface area (Å²) >= 11 is 0. The number of ether oxygens (including phenoxy) is 4. The standard InChI is InChI=1S/C18H20O4/c1-12(13-6-8-15(19-2)9-7-13)14-10-16(20-3)18(22-5)17(11-14)21-4/h6-11H,1H2,2-5H3. The molecule has 0 radical (unpaired) electrons. The van der Waals surface area contributed by atoms with Crippen molar-refractivity contribution in [1.82, 2.24) is 0 Å². The molecule has 116 valence electrons. The SMILES string of the molecule is C=C(c1ccc(OC)cc1)c1cc(OC)c(OC)c(OC)c1. The highest BCUT2D eigenvalue weighted by Gasteiger charge is 2.15. The first-order valence-corrected chi connectivity index (χ1v) is 6.78. The quantitative estimate of drug-likeness (QED) is 0.813. The second-order valence-corrected chi connectivity index (χ2v) is 4.62. The van der Waals surface area contributed by atoms with Crippen LogP contribution >= 0.6 is 0 Å². The fourth-order valence-electron chi connectivity index (χ4n) is 2.21. The minimum Gasteiger partial charge on any atom is -0.497 e. The largest absolute Gasteiger partial charge is 0.497 e. The minimum atomic E-state index is 0.566. The van der Waals surface area contributed by atoms with Gasteiger partial charge in [-0.05, 0) is 41.0 Å². The highest BCUT2D eigenvalue weighted by atomic mass is 16.5. The Morgan fingerprint density at radius 3 is 1.68 bits per heavy atom. The summed E-state index contributed by atoms with van der Waals surface area (Å²) in [6.45, 7) is 4.16. The van der Waals surface area contributed by atoms with Crippen molar-refractivity contribution in [3.8, 4) is 23.0 Å². The zero-order chi connectivity index (χ0) is 16.1. The van der Waals surface area contributed by atoms with Gasteiger partial charge in [0.05, 0.1) is 28.4 Å². The maximum atomic E-state index is 5.38. The van der Waals surface area contributed by atoms with Crippen LogP contribution in [0.5, 0.6) is 23.0 Å². The molecular weight excluding hydrogens is 280 g/mol. The van der Waals surface area contributed by atoms with Gasteiger partial charge in [-0.2, -0.15) is 0 Å². The maximum Gasteiger partial charge on any atom is 0.203 e. The fourth-order valence-corrected chi connectivity index (χ4v) is 2.21. The molecule has 0 spiro atoms.